The lowest BCUT2D eigenvalue weighted by Gasteiger charge is -2.25. The molecule has 0 saturated heterocycles. The van der Waals surface area contributed by atoms with Crippen molar-refractivity contribution in [3.05, 3.63) is 99.8 Å². The Morgan fingerprint density at radius 1 is 0.971 bits per heavy atom. The van der Waals surface area contributed by atoms with E-state index in [4.69, 9.17) is 33.1 Å². The number of H-pyrrole nitrogens is 1. The molecule has 2 atom stereocenters. The quantitative estimate of drug-likeness (QED) is 0.535. The minimum atomic E-state index is -5.19. The molecule has 2 aromatic carbocycles. The molecule has 180 valence electrons. The summed E-state index contributed by atoms with van der Waals surface area (Å²) in [5.74, 6) is -3.04. The number of rotatable bonds is 6. The summed E-state index contributed by atoms with van der Waals surface area (Å²) in [6.07, 6.45) is -2.68. The van der Waals surface area contributed by atoms with Gasteiger partial charge in [-0.05, 0) is 54.8 Å². The third-order valence-corrected chi connectivity index (χ3v) is 5.32. The molecule has 0 bridgehead atoms. The zero-order valence-corrected chi connectivity index (χ0v) is 19.4. The smallest absolute Gasteiger partial charge is 0.430 e. The van der Waals surface area contributed by atoms with E-state index in [-0.39, 0.29) is 17.9 Å². The van der Waals surface area contributed by atoms with Crippen molar-refractivity contribution in [2.75, 3.05) is 0 Å². The molecule has 1 aromatic heterocycles. The third kappa shape index (κ3) is 8.68. The van der Waals surface area contributed by atoms with Gasteiger partial charge in [-0.3, -0.25) is 4.79 Å². The number of halogens is 5. The molecule has 0 aliphatic heterocycles. The number of hydrogen-bond donors (Lipinski definition) is 1. The molecule has 0 radical (unpaired) electrons. The van der Waals surface area contributed by atoms with E-state index < -0.39 is 12.1 Å². The Labute approximate surface area is 204 Å². The molecule has 3 aromatic rings. The van der Waals surface area contributed by atoms with Gasteiger partial charge >= 0.3 is 12.1 Å². The largest absolute Gasteiger partial charge is 0.542 e. The first-order valence-electron chi connectivity index (χ1n) is 10.0. The average Bonchev–Trinajstić information content (AvgIpc) is 2.79. The summed E-state index contributed by atoms with van der Waals surface area (Å²) in [4.78, 5) is 24.3. The number of carbonyl (C=O) groups excluding carboxylic acids is 2. The van der Waals surface area contributed by atoms with Gasteiger partial charge in [0, 0.05) is 34.1 Å². The molecule has 2 N–H and O–H groups in total. The summed E-state index contributed by atoms with van der Waals surface area (Å²) in [6, 6.07) is 21.0. The van der Waals surface area contributed by atoms with Gasteiger partial charge < -0.3 is 15.2 Å². The topological polar surface area (TPSA) is 83.4 Å². The average molecular weight is 513 g/mol. The van der Waals surface area contributed by atoms with Crippen LogP contribution in [0.5, 0.6) is 0 Å². The normalized spacial score (nSPS) is 12.6. The number of aliphatic carboxylic acids is 1. The third-order valence-electron chi connectivity index (χ3n) is 4.81. The van der Waals surface area contributed by atoms with Crippen LogP contribution in [-0.2, 0) is 11.2 Å². The number of alkyl halides is 3. The first kappa shape index (κ1) is 27.1. The van der Waals surface area contributed by atoms with E-state index in [0.29, 0.717) is 15.7 Å². The molecule has 3 rings (SSSR count). The highest BCUT2D eigenvalue weighted by atomic mass is 35.5. The number of hydrogen-bond acceptors (Lipinski definition) is 3. The van der Waals surface area contributed by atoms with Gasteiger partial charge in [0.1, 0.15) is 5.97 Å². The van der Waals surface area contributed by atoms with Gasteiger partial charge in [-0.2, -0.15) is 13.2 Å². The number of pyridine rings is 1. The lowest BCUT2D eigenvalue weighted by atomic mass is 9.86. The van der Waals surface area contributed by atoms with E-state index in [9.17, 15) is 18.0 Å². The monoisotopic (exact) mass is 512 g/mol. The van der Waals surface area contributed by atoms with Crippen molar-refractivity contribution in [2.24, 2.45) is 0 Å². The van der Waals surface area contributed by atoms with Crippen molar-refractivity contribution in [2.45, 2.75) is 31.5 Å². The standard InChI is InChI=1S/C22H20Cl2N2O.C2HF3O2/c1-15(26-22(27)21-4-2-3-13-25-21)20(17-7-11-19(24)12-8-17)14-16-5-9-18(23)10-6-16;3-2(4,5)1(6)7/h2-13,15,20H,14H2,1H3,(H,26,27);(H,6,7)/t15-,20+;/m1./s1. The van der Waals surface area contributed by atoms with Gasteiger partial charge in [-0.15, -0.1) is 0 Å². The predicted octanol–water partition coefficient (Wildman–Crippen LogP) is 4.25. The van der Waals surface area contributed by atoms with E-state index in [2.05, 4.69) is 10.3 Å². The predicted molar refractivity (Wildman–Crippen MR) is 120 cm³/mol. The minimum Gasteiger partial charge on any atom is -0.542 e. The van der Waals surface area contributed by atoms with E-state index >= 15 is 0 Å². The molecule has 5 nitrogen and oxygen atoms in total. The number of carboxylic acids is 1. The minimum absolute atomic E-state index is 0.0806. The molecule has 1 amide bonds. The van der Waals surface area contributed by atoms with E-state index in [1.807, 2.05) is 67.6 Å². The molecule has 0 aliphatic rings. The molecular weight excluding hydrogens is 492 g/mol. The molecule has 1 heterocycles. The lowest BCUT2D eigenvalue weighted by Crippen LogP contribution is -2.40. The maximum atomic E-state index is 12.6. The Bertz CT molecular complexity index is 1080. The fraction of sp³-hybridized carbons (Fsp3) is 0.208. The Balaban J connectivity index is 0.000000509. The molecular formula is C24H21Cl2F3N2O3. The van der Waals surface area contributed by atoms with E-state index in [1.165, 1.54) is 0 Å². The van der Waals surface area contributed by atoms with Crippen LogP contribution in [0, 0.1) is 0 Å². The van der Waals surface area contributed by atoms with Crippen molar-refractivity contribution in [3.63, 3.8) is 0 Å². The zero-order valence-electron chi connectivity index (χ0n) is 17.9. The molecule has 10 heteroatoms. The summed E-state index contributed by atoms with van der Waals surface area (Å²) < 4.78 is 31.5. The molecule has 34 heavy (non-hydrogen) atoms. The summed E-state index contributed by atoms with van der Waals surface area (Å²) in [5, 5.41) is 13.3. The number of aromatic nitrogens is 1. The van der Waals surface area contributed by atoms with Crippen molar-refractivity contribution < 1.29 is 32.9 Å². The first-order valence-corrected chi connectivity index (χ1v) is 10.8. The lowest BCUT2D eigenvalue weighted by molar-refractivity contribution is -0.382. The summed E-state index contributed by atoms with van der Waals surface area (Å²) in [5.41, 5.74) is 2.82. The molecule has 0 spiro atoms. The van der Waals surface area contributed by atoms with Gasteiger partial charge in [0.15, 0.2) is 6.20 Å². The van der Waals surface area contributed by atoms with E-state index in [1.54, 1.807) is 12.3 Å². The van der Waals surface area contributed by atoms with Crippen LogP contribution in [-0.4, -0.2) is 24.1 Å². The molecule has 0 unspecified atom stereocenters. The van der Waals surface area contributed by atoms with Crippen LogP contribution in [0.25, 0.3) is 0 Å². The second kappa shape index (κ2) is 12.4. The van der Waals surface area contributed by atoms with Crippen LogP contribution in [0.4, 0.5) is 13.2 Å². The van der Waals surface area contributed by atoms with Gasteiger partial charge in [0.25, 0.3) is 5.69 Å². The maximum Gasteiger partial charge on any atom is 0.430 e. The summed E-state index contributed by atoms with van der Waals surface area (Å²) in [7, 11) is 0. The number of nitrogens with one attached hydrogen (secondary N) is 2. The van der Waals surface area contributed by atoms with Gasteiger partial charge in [0.05, 0.1) is 0 Å². The second-order valence-corrected chi connectivity index (χ2v) is 8.19. The molecule has 0 saturated carbocycles. The fourth-order valence-corrected chi connectivity index (χ4v) is 3.34. The second-order valence-electron chi connectivity index (χ2n) is 7.31. The Kier molecular flexibility index (Phi) is 9.89. The van der Waals surface area contributed by atoms with Crippen LogP contribution in [0.2, 0.25) is 10.0 Å². The number of carboxylic acid groups (broad SMARTS) is 1. The van der Waals surface area contributed by atoms with Crippen molar-refractivity contribution in [1.29, 1.82) is 0 Å². The van der Waals surface area contributed by atoms with Gasteiger partial charge in [-0.1, -0.05) is 47.5 Å². The van der Waals surface area contributed by atoms with Gasteiger partial charge in [0.2, 0.25) is 0 Å². The summed E-state index contributed by atoms with van der Waals surface area (Å²) in [6.45, 7) is 2.02. The summed E-state index contributed by atoms with van der Waals surface area (Å²) >= 11 is 12.1. The molecule has 0 fully saturated rings. The fourth-order valence-electron chi connectivity index (χ4n) is 3.09. The van der Waals surface area contributed by atoms with Crippen LogP contribution in [0.15, 0.2) is 72.9 Å². The van der Waals surface area contributed by atoms with Crippen LogP contribution < -0.4 is 15.4 Å². The number of amides is 1. The van der Waals surface area contributed by atoms with Gasteiger partial charge in [-0.25, -0.2) is 4.98 Å². The van der Waals surface area contributed by atoms with Crippen molar-refractivity contribution in [3.8, 4) is 0 Å². The number of carbonyl (C=O) groups is 2. The SMILES string of the molecule is C[C@@H](NC(=O)c1cccc[nH+]1)[C@H](Cc1ccc(Cl)cc1)c1ccc(Cl)cc1.O=C([O-])C(F)(F)F. The maximum absolute atomic E-state index is 12.6. The number of benzene rings is 2. The Hall–Kier alpha value is -3.10. The van der Waals surface area contributed by atoms with Crippen LogP contribution in [0.1, 0.15) is 34.5 Å². The highest BCUT2D eigenvalue weighted by molar-refractivity contribution is 6.30. The van der Waals surface area contributed by atoms with Crippen molar-refractivity contribution >= 4 is 35.1 Å². The zero-order chi connectivity index (χ0) is 25.3. The molecule has 0 aliphatic carbocycles. The highest BCUT2D eigenvalue weighted by Gasteiger charge is 2.29. The van der Waals surface area contributed by atoms with Crippen LogP contribution >= 0.6 is 23.2 Å². The van der Waals surface area contributed by atoms with E-state index in [0.717, 1.165) is 17.5 Å². The number of aromatic amines is 1. The first-order chi connectivity index (χ1) is 16.0. The Morgan fingerprint density at radius 3 is 1.97 bits per heavy atom. The highest BCUT2D eigenvalue weighted by Crippen LogP contribution is 2.27. The van der Waals surface area contributed by atoms with Crippen molar-refractivity contribution in [1.82, 2.24) is 5.32 Å². The Morgan fingerprint density at radius 2 is 1.50 bits per heavy atom. The van der Waals surface area contributed by atoms with Crippen LogP contribution in [0.3, 0.4) is 0 Å².